The molecule has 0 saturated heterocycles. The highest BCUT2D eigenvalue weighted by atomic mass is 32.2. The summed E-state index contributed by atoms with van der Waals surface area (Å²) in [5.41, 5.74) is -0.0163. The van der Waals surface area contributed by atoms with Crippen molar-refractivity contribution in [3.05, 3.63) is 18.0 Å². The maximum Gasteiger partial charge on any atom is 0.402 e. The molecule has 0 aliphatic rings. The SMILES string of the molecule is Cn1cc(C(NS(=O)(=O)NCC(F)(F)F)C(=O)O)cn1. The smallest absolute Gasteiger partial charge is 0.402 e. The summed E-state index contributed by atoms with van der Waals surface area (Å²) in [5, 5.41) is 12.6. The van der Waals surface area contributed by atoms with Gasteiger partial charge in [0.15, 0.2) is 0 Å². The first-order valence-corrected chi connectivity index (χ1v) is 6.53. The lowest BCUT2D eigenvalue weighted by Crippen LogP contribution is -2.44. The van der Waals surface area contributed by atoms with E-state index in [-0.39, 0.29) is 5.56 Å². The third-order valence-electron chi connectivity index (χ3n) is 2.04. The van der Waals surface area contributed by atoms with Crippen molar-refractivity contribution in [3.8, 4) is 0 Å². The first kappa shape index (κ1) is 16.4. The largest absolute Gasteiger partial charge is 0.480 e. The lowest BCUT2D eigenvalue weighted by molar-refractivity contribution is -0.139. The number of nitrogens with one attached hydrogen (secondary N) is 2. The van der Waals surface area contributed by atoms with Crippen LogP contribution in [0.15, 0.2) is 12.4 Å². The van der Waals surface area contributed by atoms with Crippen LogP contribution >= 0.6 is 0 Å². The van der Waals surface area contributed by atoms with Crippen LogP contribution in [-0.2, 0) is 22.1 Å². The summed E-state index contributed by atoms with van der Waals surface area (Å²) in [6, 6.07) is -1.74. The maximum atomic E-state index is 11.9. The number of carboxylic acid groups (broad SMARTS) is 1. The van der Waals surface area contributed by atoms with Crippen LogP contribution in [0.5, 0.6) is 0 Å². The van der Waals surface area contributed by atoms with Crippen LogP contribution in [0.25, 0.3) is 0 Å². The van der Waals surface area contributed by atoms with Gasteiger partial charge >= 0.3 is 12.1 Å². The van der Waals surface area contributed by atoms with E-state index in [0.29, 0.717) is 0 Å². The van der Waals surface area contributed by atoms with E-state index in [1.807, 2.05) is 0 Å². The van der Waals surface area contributed by atoms with Crippen molar-refractivity contribution < 1.29 is 31.5 Å². The summed E-state index contributed by atoms with van der Waals surface area (Å²) in [7, 11) is -3.16. The average molecular weight is 316 g/mol. The Bertz CT molecular complexity index is 583. The van der Waals surface area contributed by atoms with E-state index in [0.717, 1.165) is 6.20 Å². The lowest BCUT2D eigenvalue weighted by atomic mass is 10.2. The molecule has 0 saturated carbocycles. The molecule has 1 rings (SSSR count). The molecule has 20 heavy (non-hydrogen) atoms. The van der Waals surface area contributed by atoms with Crippen LogP contribution in [0.3, 0.4) is 0 Å². The Morgan fingerprint density at radius 2 is 2.15 bits per heavy atom. The summed E-state index contributed by atoms with van der Waals surface area (Å²) in [5.74, 6) is -1.57. The van der Waals surface area contributed by atoms with Gasteiger partial charge in [0.25, 0.3) is 10.2 Å². The van der Waals surface area contributed by atoms with E-state index < -0.39 is 34.9 Å². The van der Waals surface area contributed by atoms with Gasteiger partial charge in [-0.25, -0.2) is 0 Å². The molecule has 3 N–H and O–H groups in total. The number of rotatable bonds is 6. The van der Waals surface area contributed by atoms with E-state index in [2.05, 4.69) is 5.10 Å². The molecule has 0 amide bonds. The van der Waals surface area contributed by atoms with Gasteiger partial charge in [0.2, 0.25) is 0 Å². The fraction of sp³-hybridized carbons (Fsp3) is 0.500. The van der Waals surface area contributed by atoms with Gasteiger partial charge in [-0.05, 0) is 0 Å². The van der Waals surface area contributed by atoms with Gasteiger partial charge in [0, 0.05) is 18.8 Å². The number of alkyl halides is 3. The zero-order valence-electron chi connectivity index (χ0n) is 10.0. The normalized spacial score (nSPS) is 14.2. The number of hydrogen-bond donors (Lipinski definition) is 3. The Hall–Kier alpha value is -1.66. The molecule has 1 heterocycles. The van der Waals surface area contributed by atoms with Crippen molar-refractivity contribution in [2.45, 2.75) is 12.2 Å². The van der Waals surface area contributed by atoms with Crippen molar-refractivity contribution in [1.29, 1.82) is 0 Å². The maximum absolute atomic E-state index is 11.9. The summed E-state index contributed by atoms with van der Waals surface area (Å²) < 4.78 is 62.5. The molecule has 0 aromatic carbocycles. The Morgan fingerprint density at radius 1 is 1.55 bits per heavy atom. The molecule has 1 aromatic rings. The van der Waals surface area contributed by atoms with E-state index in [1.54, 1.807) is 4.72 Å². The molecule has 0 radical (unpaired) electrons. The van der Waals surface area contributed by atoms with Gasteiger partial charge in [0.05, 0.1) is 6.20 Å². The molecule has 0 bridgehead atoms. The zero-order chi connectivity index (χ0) is 15.6. The van der Waals surface area contributed by atoms with Gasteiger partial charge in [-0.2, -0.15) is 36.1 Å². The molecule has 12 heteroatoms. The predicted molar refractivity (Wildman–Crippen MR) is 59.7 cm³/mol. The van der Waals surface area contributed by atoms with Crippen LogP contribution in [0, 0.1) is 0 Å². The van der Waals surface area contributed by atoms with Crippen molar-refractivity contribution in [1.82, 2.24) is 19.2 Å². The van der Waals surface area contributed by atoms with Gasteiger partial charge < -0.3 is 5.11 Å². The van der Waals surface area contributed by atoms with E-state index in [1.165, 1.54) is 22.6 Å². The minimum Gasteiger partial charge on any atom is -0.480 e. The Kier molecular flexibility index (Phi) is 4.73. The van der Waals surface area contributed by atoms with Gasteiger partial charge in [0.1, 0.15) is 12.6 Å². The number of carbonyl (C=O) groups is 1. The molecular formula is C8H11F3N4O4S. The third kappa shape index (κ3) is 5.14. The Balaban J connectivity index is 2.83. The first-order chi connectivity index (χ1) is 9.00. The second-order valence-corrected chi connectivity index (χ2v) is 5.31. The topological polar surface area (TPSA) is 113 Å². The highest BCUT2D eigenvalue weighted by molar-refractivity contribution is 7.87. The Morgan fingerprint density at radius 3 is 2.55 bits per heavy atom. The monoisotopic (exact) mass is 316 g/mol. The summed E-state index contributed by atoms with van der Waals surface area (Å²) in [4.78, 5) is 11.0. The number of carboxylic acids is 1. The molecule has 114 valence electrons. The molecule has 0 aliphatic heterocycles. The van der Waals surface area contributed by atoms with Crippen molar-refractivity contribution in [2.24, 2.45) is 7.05 Å². The molecule has 0 spiro atoms. The van der Waals surface area contributed by atoms with Crippen LogP contribution in [-0.4, -0.2) is 42.0 Å². The fourth-order valence-corrected chi connectivity index (χ4v) is 2.21. The first-order valence-electron chi connectivity index (χ1n) is 5.05. The minimum absolute atomic E-state index is 0.0163. The molecule has 8 nitrogen and oxygen atoms in total. The highest BCUT2D eigenvalue weighted by Crippen LogP contribution is 2.15. The second kappa shape index (κ2) is 5.76. The third-order valence-corrected chi connectivity index (χ3v) is 3.11. The lowest BCUT2D eigenvalue weighted by Gasteiger charge is -2.14. The van der Waals surface area contributed by atoms with Gasteiger partial charge in [-0.15, -0.1) is 0 Å². The molecule has 0 aliphatic carbocycles. The molecule has 1 aromatic heterocycles. The number of aromatic nitrogens is 2. The number of aliphatic carboxylic acids is 1. The molecule has 1 unspecified atom stereocenters. The number of nitrogens with zero attached hydrogens (tertiary/aromatic N) is 2. The predicted octanol–water partition coefficient (Wildman–Crippen LogP) is -0.468. The second-order valence-electron chi connectivity index (χ2n) is 3.78. The van der Waals surface area contributed by atoms with Crippen molar-refractivity contribution in [3.63, 3.8) is 0 Å². The summed E-state index contributed by atoms with van der Waals surface area (Å²) in [6.07, 6.45) is -2.43. The quantitative estimate of drug-likeness (QED) is 0.657. The minimum atomic E-state index is -4.75. The Labute approximate surface area is 111 Å². The van der Waals surface area contributed by atoms with Crippen LogP contribution in [0.1, 0.15) is 11.6 Å². The molecule has 1 atom stereocenters. The zero-order valence-corrected chi connectivity index (χ0v) is 10.9. The van der Waals surface area contributed by atoms with Crippen LogP contribution < -0.4 is 9.44 Å². The number of halogens is 3. The standard InChI is InChI=1S/C8H11F3N4O4S/c1-15-3-5(2-12-15)6(7(16)17)14-20(18,19)13-4-8(9,10)11/h2-3,6,13-14H,4H2,1H3,(H,16,17). The molecular weight excluding hydrogens is 305 g/mol. The molecule has 0 fully saturated rings. The number of aryl methyl sites for hydroxylation is 1. The average Bonchev–Trinajstić information content (AvgIpc) is 2.69. The van der Waals surface area contributed by atoms with Crippen molar-refractivity contribution >= 4 is 16.2 Å². The van der Waals surface area contributed by atoms with Crippen LogP contribution in [0.4, 0.5) is 13.2 Å². The van der Waals surface area contributed by atoms with Crippen LogP contribution in [0.2, 0.25) is 0 Å². The fourth-order valence-electron chi connectivity index (χ4n) is 1.22. The number of hydrogen-bond acceptors (Lipinski definition) is 4. The summed E-state index contributed by atoms with van der Waals surface area (Å²) >= 11 is 0. The summed E-state index contributed by atoms with van der Waals surface area (Å²) in [6.45, 7) is -1.80. The van der Waals surface area contributed by atoms with E-state index >= 15 is 0 Å². The highest BCUT2D eigenvalue weighted by Gasteiger charge is 2.32. The van der Waals surface area contributed by atoms with Crippen molar-refractivity contribution in [2.75, 3.05) is 6.54 Å². The van der Waals surface area contributed by atoms with E-state index in [4.69, 9.17) is 5.11 Å². The van der Waals surface area contributed by atoms with Gasteiger partial charge in [-0.3, -0.25) is 9.48 Å². The van der Waals surface area contributed by atoms with Gasteiger partial charge in [-0.1, -0.05) is 0 Å². The van der Waals surface area contributed by atoms with E-state index in [9.17, 15) is 26.4 Å².